The first kappa shape index (κ1) is 21.7. The number of piperazine rings is 1. The number of aryl methyl sites for hydroxylation is 1. The van der Waals surface area contributed by atoms with Gasteiger partial charge in [0.1, 0.15) is 18.0 Å². The summed E-state index contributed by atoms with van der Waals surface area (Å²) < 4.78 is 13.4. The van der Waals surface area contributed by atoms with E-state index in [1.807, 2.05) is 4.90 Å². The summed E-state index contributed by atoms with van der Waals surface area (Å²) in [5.41, 5.74) is 3.31. The highest BCUT2D eigenvalue weighted by atomic mass is 19.1. The van der Waals surface area contributed by atoms with E-state index in [4.69, 9.17) is 0 Å². The molecule has 2 aliphatic rings. The number of carbonyl (C=O) groups is 1. The third-order valence-electron chi connectivity index (χ3n) is 6.44. The molecule has 0 saturated carbocycles. The van der Waals surface area contributed by atoms with Crippen molar-refractivity contribution in [2.24, 2.45) is 0 Å². The molecule has 0 spiro atoms. The fourth-order valence-corrected chi connectivity index (χ4v) is 4.63. The van der Waals surface area contributed by atoms with E-state index in [2.05, 4.69) is 41.0 Å². The summed E-state index contributed by atoms with van der Waals surface area (Å²) in [5, 5.41) is 3.38. The van der Waals surface area contributed by atoms with Gasteiger partial charge in [-0.15, -0.1) is 0 Å². The fourth-order valence-electron chi connectivity index (χ4n) is 4.63. The number of amides is 1. The van der Waals surface area contributed by atoms with Gasteiger partial charge in [0.15, 0.2) is 0 Å². The molecule has 1 aliphatic carbocycles. The molecule has 4 rings (SSSR count). The van der Waals surface area contributed by atoms with E-state index >= 15 is 0 Å². The molecule has 1 fully saturated rings. The first-order chi connectivity index (χ1) is 14.9. The maximum Gasteiger partial charge on any atom is 0.231 e. The second-order valence-electron chi connectivity index (χ2n) is 8.98. The SMILES string of the molecule is CC(C)NCC(C(=O)N1CCN(c2ncnc3c2[C@H](C)CC3)CC1)c1ccc(F)cc1. The number of halogens is 1. The third kappa shape index (κ3) is 4.71. The minimum absolute atomic E-state index is 0.0979. The third-order valence-corrected chi connectivity index (χ3v) is 6.44. The van der Waals surface area contributed by atoms with Crippen LogP contribution < -0.4 is 10.2 Å². The summed E-state index contributed by atoms with van der Waals surface area (Å²) >= 11 is 0. The molecule has 1 N–H and O–H groups in total. The number of nitrogens with one attached hydrogen (secondary N) is 1. The van der Waals surface area contributed by atoms with Crippen molar-refractivity contribution in [1.29, 1.82) is 0 Å². The minimum Gasteiger partial charge on any atom is -0.353 e. The molecule has 31 heavy (non-hydrogen) atoms. The lowest BCUT2D eigenvalue weighted by Gasteiger charge is -2.38. The molecular weight excluding hydrogens is 393 g/mol. The molecule has 2 heterocycles. The average Bonchev–Trinajstić information content (AvgIpc) is 3.16. The molecule has 7 heteroatoms. The molecule has 166 valence electrons. The molecule has 0 radical (unpaired) electrons. The molecule has 1 saturated heterocycles. The Labute approximate surface area is 183 Å². The van der Waals surface area contributed by atoms with E-state index in [0.717, 1.165) is 37.3 Å². The molecule has 0 bridgehead atoms. The van der Waals surface area contributed by atoms with Gasteiger partial charge in [0, 0.05) is 50.0 Å². The molecule has 2 atom stereocenters. The van der Waals surface area contributed by atoms with Crippen LogP contribution in [-0.2, 0) is 11.2 Å². The van der Waals surface area contributed by atoms with Gasteiger partial charge >= 0.3 is 0 Å². The highest BCUT2D eigenvalue weighted by Crippen LogP contribution is 2.37. The number of hydrogen-bond donors (Lipinski definition) is 1. The fraction of sp³-hybridized carbons (Fsp3) is 0.542. The molecule has 1 aromatic heterocycles. The van der Waals surface area contributed by atoms with Crippen LogP contribution in [0.25, 0.3) is 0 Å². The van der Waals surface area contributed by atoms with Crippen molar-refractivity contribution in [2.45, 2.75) is 51.5 Å². The Morgan fingerprint density at radius 2 is 1.87 bits per heavy atom. The van der Waals surface area contributed by atoms with E-state index in [-0.39, 0.29) is 23.7 Å². The van der Waals surface area contributed by atoms with Crippen LogP contribution in [0.1, 0.15) is 55.8 Å². The van der Waals surface area contributed by atoms with Gasteiger partial charge < -0.3 is 15.1 Å². The zero-order valence-electron chi connectivity index (χ0n) is 18.6. The lowest BCUT2D eigenvalue weighted by atomic mass is 9.96. The van der Waals surface area contributed by atoms with Gasteiger partial charge in [0.05, 0.1) is 5.92 Å². The number of fused-ring (bicyclic) bond motifs is 1. The van der Waals surface area contributed by atoms with Gasteiger partial charge in [0.25, 0.3) is 0 Å². The van der Waals surface area contributed by atoms with E-state index in [1.54, 1.807) is 18.5 Å². The first-order valence-electron chi connectivity index (χ1n) is 11.3. The largest absolute Gasteiger partial charge is 0.353 e. The number of benzene rings is 1. The summed E-state index contributed by atoms with van der Waals surface area (Å²) in [6.07, 6.45) is 3.82. The van der Waals surface area contributed by atoms with Crippen LogP contribution >= 0.6 is 0 Å². The summed E-state index contributed by atoms with van der Waals surface area (Å²) in [4.78, 5) is 26.7. The van der Waals surface area contributed by atoms with Crippen LogP contribution in [0.4, 0.5) is 10.2 Å². The lowest BCUT2D eigenvalue weighted by Crippen LogP contribution is -2.51. The summed E-state index contributed by atoms with van der Waals surface area (Å²) in [6, 6.07) is 6.58. The summed E-state index contributed by atoms with van der Waals surface area (Å²) in [5.74, 6) is 1.01. The number of anilines is 1. The Kier molecular flexibility index (Phi) is 6.51. The molecular formula is C24H32FN5O. The Morgan fingerprint density at radius 3 is 2.55 bits per heavy atom. The van der Waals surface area contributed by atoms with Crippen molar-refractivity contribution in [1.82, 2.24) is 20.2 Å². The second kappa shape index (κ2) is 9.30. The molecule has 1 amide bonds. The normalized spacial score (nSPS) is 19.6. The lowest BCUT2D eigenvalue weighted by molar-refractivity contribution is -0.133. The van der Waals surface area contributed by atoms with Gasteiger partial charge in [-0.2, -0.15) is 0 Å². The van der Waals surface area contributed by atoms with Crippen molar-refractivity contribution in [3.05, 3.63) is 53.2 Å². The van der Waals surface area contributed by atoms with E-state index in [0.29, 0.717) is 25.6 Å². The van der Waals surface area contributed by atoms with Crippen LogP contribution in [-0.4, -0.2) is 59.5 Å². The Bertz CT molecular complexity index is 909. The number of rotatable bonds is 6. The number of aromatic nitrogens is 2. The van der Waals surface area contributed by atoms with Gasteiger partial charge in [0.2, 0.25) is 5.91 Å². The molecule has 1 aromatic carbocycles. The van der Waals surface area contributed by atoms with Crippen LogP contribution in [0.2, 0.25) is 0 Å². The summed E-state index contributed by atoms with van der Waals surface area (Å²) in [6.45, 7) is 9.74. The van der Waals surface area contributed by atoms with Crippen molar-refractivity contribution in [2.75, 3.05) is 37.6 Å². The van der Waals surface area contributed by atoms with Crippen molar-refractivity contribution >= 4 is 11.7 Å². The van der Waals surface area contributed by atoms with E-state index in [1.165, 1.54) is 23.4 Å². The van der Waals surface area contributed by atoms with E-state index < -0.39 is 0 Å². The van der Waals surface area contributed by atoms with Gasteiger partial charge in [-0.3, -0.25) is 4.79 Å². The van der Waals surface area contributed by atoms with Crippen LogP contribution in [0.15, 0.2) is 30.6 Å². The van der Waals surface area contributed by atoms with Crippen molar-refractivity contribution < 1.29 is 9.18 Å². The van der Waals surface area contributed by atoms with Crippen molar-refractivity contribution in [3.63, 3.8) is 0 Å². The van der Waals surface area contributed by atoms with Gasteiger partial charge in [-0.25, -0.2) is 14.4 Å². The Balaban J connectivity index is 1.46. The number of carbonyl (C=O) groups excluding carboxylic acids is 1. The second-order valence-corrected chi connectivity index (χ2v) is 8.98. The number of nitrogens with zero attached hydrogens (tertiary/aromatic N) is 4. The number of hydrogen-bond acceptors (Lipinski definition) is 5. The molecule has 2 aromatic rings. The highest BCUT2D eigenvalue weighted by molar-refractivity contribution is 5.84. The first-order valence-corrected chi connectivity index (χ1v) is 11.3. The predicted molar refractivity (Wildman–Crippen MR) is 120 cm³/mol. The van der Waals surface area contributed by atoms with Crippen LogP contribution in [0.5, 0.6) is 0 Å². The average molecular weight is 426 g/mol. The zero-order valence-corrected chi connectivity index (χ0v) is 18.6. The van der Waals surface area contributed by atoms with Crippen LogP contribution in [0.3, 0.4) is 0 Å². The molecule has 6 nitrogen and oxygen atoms in total. The Hall–Kier alpha value is -2.54. The molecule has 1 aliphatic heterocycles. The Morgan fingerprint density at radius 1 is 1.16 bits per heavy atom. The summed E-state index contributed by atoms with van der Waals surface area (Å²) in [7, 11) is 0. The maximum absolute atomic E-state index is 13.4. The standard InChI is InChI=1S/C24H32FN5O/c1-16(2)26-14-20(18-5-7-19(25)8-6-18)24(31)30-12-10-29(11-13-30)23-22-17(3)4-9-21(22)27-15-28-23/h5-8,15-17,20,26H,4,9-14H2,1-3H3/t17-,20?/m1/s1. The quantitative estimate of drug-likeness (QED) is 0.771. The predicted octanol–water partition coefficient (Wildman–Crippen LogP) is 3.10. The molecule has 1 unspecified atom stereocenters. The minimum atomic E-state index is -0.321. The zero-order chi connectivity index (χ0) is 22.0. The van der Waals surface area contributed by atoms with Gasteiger partial charge in [-0.05, 0) is 36.5 Å². The van der Waals surface area contributed by atoms with Crippen molar-refractivity contribution in [3.8, 4) is 0 Å². The smallest absolute Gasteiger partial charge is 0.231 e. The maximum atomic E-state index is 13.4. The van der Waals surface area contributed by atoms with E-state index in [9.17, 15) is 9.18 Å². The van der Waals surface area contributed by atoms with Crippen LogP contribution in [0, 0.1) is 5.82 Å². The highest BCUT2D eigenvalue weighted by Gasteiger charge is 2.32. The topological polar surface area (TPSA) is 61.4 Å². The monoisotopic (exact) mass is 425 g/mol. The van der Waals surface area contributed by atoms with Gasteiger partial charge in [-0.1, -0.05) is 32.9 Å².